The minimum absolute atomic E-state index is 0.0127. The lowest BCUT2D eigenvalue weighted by Gasteiger charge is -2.32. The van der Waals surface area contributed by atoms with E-state index in [1.54, 1.807) is 0 Å². The molecular weight excluding hydrogens is 293 g/mol. The first kappa shape index (κ1) is 16.1. The second-order valence-corrected chi connectivity index (χ2v) is 7.98. The fourth-order valence-electron chi connectivity index (χ4n) is 2.01. The first-order valence-corrected chi connectivity index (χ1v) is 8.47. The Morgan fingerprint density at radius 1 is 1.14 bits per heavy atom. The summed E-state index contributed by atoms with van der Waals surface area (Å²) in [5.74, 6) is 0.0127. The van der Waals surface area contributed by atoms with Crippen molar-refractivity contribution in [2.24, 2.45) is 0 Å². The van der Waals surface area contributed by atoms with Crippen LogP contribution in [0.1, 0.15) is 27.7 Å². The number of phenols is 1. The summed E-state index contributed by atoms with van der Waals surface area (Å²) in [6.45, 7) is 7.61. The number of hydrogen-bond donors (Lipinski definition) is 2. The van der Waals surface area contributed by atoms with Crippen LogP contribution in [0.3, 0.4) is 0 Å². The summed E-state index contributed by atoms with van der Waals surface area (Å²) in [7, 11) is -4.20. The molecule has 1 saturated heterocycles. The minimum Gasteiger partial charge on any atom is -0.508 e. The molecule has 1 aromatic rings. The summed E-state index contributed by atoms with van der Waals surface area (Å²) in [6, 6.07) is 4.33. The van der Waals surface area contributed by atoms with Crippen LogP contribution in [0.4, 0.5) is 5.69 Å². The lowest BCUT2D eigenvalue weighted by Crippen LogP contribution is -2.41. The van der Waals surface area contributed by atoms with Gasteiger partial charge in [0.05, 0.1) is 17.5 Å². The highest BCUT2D eigenvalue weighted by Crippen LogP contribution is 2.37. The highest BCUT2D eigenvalue weighted by molar-refractivity contribution is 7.92. The second kappa shape index (κ2) is 4.89. The monoisotopic (exact) mass is 313 g/mol. The van der Waals surface area contributed by atoms with Crippen LogP contribution in [0.15, 0.2) is 18.2 Å². The van der Waals surface area contributed by atoms with Crippen molar-refractivity contribution in [2.75, 3.05) is 11.0 Å². The molecule has 6 nitrogen and oxygen atoms in total. The molecular formula is C13H20BNO5S. The van der Waals surface area contributed by atoms with E-state index in [0.29, 0.717) is 11.2 Å². The molecule has 1 fully saturated rings. The molecule has 2 N–H and O–H groups in total. The SMILES string of the molecule is CC1(C)OB(c2cc(O)ccc2NS(C)(=O)=O)OC1(C)C. The fraction of sp³-hybridized carbons (Fsp3) is 0.538. The van der Waals surface area contributed by atoms with Gasteiger partial charge in [-0.05, 0) is 45.9 Å². The van der Waals surface area contributed by atoms with E-state index in [9.17, 15) is 13.5 Å². The molecule has 1 aliphatic rings. The van der Waals surface area contributed by atoms with E-state index in [1.165, 1.54) is 18.2 Å². The molecule has 0 atom stereocenters. The number of anilines is 1. The highest BCUT2D eigenvalue weighted by atomic mass is 32.2. The Morgan fingerprint density at radius 3 is 2.14 bits per heavy atom. The average molecular weight is 313 g/mol. The Morgan fingerprint density at radius 2 is 1.67 bits per heavy atom. The summed E-state index contributed by atoms with van der Waals surface area (Å²) in [6.07, 6.45) is 1.06. The number of nitrogens with one attached hydrogen (secondary N) is 1. The first-order chi connectivity index (χ1) is 9.41. The molecule has 1 aliphatic heterocycles. The molecule has 0 aliphatic carbocycles. The third kappa shape index (κ3) is 3.33. The predicted octanol–water partition coefficient (Wildman–Crippen LogP) is 1.06. The van der Waals surface area contributed by atoms with Crippen LogP contribution in [0.5, 0.6) is 5.75 Å². The largest absolute Gasteiger partial charge is 0.508 e. The summed E-state index contributed by atoms with van der Waals surface area (Å²) < 4.78 is 37.1. The topological polar surface area (TPSA) is 84.9 Å². The smallest absolute Gasteiger partial charge is 0.497 e. The summed E-state index contributed by atoms with van der Waals surface area (Å²) in [5, 5.41) is 9.67. The Labute approximate surface area is 125 Å². The van der Waals surface area contributed by atoms with Gasteiger partial charge in [0, 0.05) is 11.2 Å². The van der Waals surface area contributed by atoms with Crippen molar-refractivity contribution in [1.82, 2.24) is 0 Å². The standard InChI is InChI=1S/C13H20BNO5S/c1-12(2)13(3,4)20-14(19-12)10-8-9(16)6-7-11(10)15-21(5,17)18/h6-8,15-16H,1-5H3. The zero-order valence-electron chi connectivity index (χ0n) is 12.8. The number of phenolic OH excluding ortho intramolecular Hbond substituents is 1. The van der Waals surface area contributed by atoms with E-state index < -0.39 is 28.3 Å². The van der Waals surface area contributed by atoms with Crippen LogP contribution < -0.4 is 10.2 Å². The van der Waals surface area contributed by atoms with E-state index in [-0.39, 0.29) is 5.75 Å². The third-order valence-corrected chi connectivity index (χ3v) is 4.43. The van der Waals surface area contributed by atoms with Gasteiger partial charge in [-0.3, -0.25) is 4.72 Å². The fourth-order valence-corrected chi connectivity index (χ4v) is 2.59. The highest BCUT2D eigenvalue weighted by Gasteiger charge is 2.52. The van der Waals surface area contributed by atoms with Crippen LogP contribution in [0.2, 0.25) is 0 Å². The molecule has 8 heteroatoms. The van der Waals surface area contributed by atoms with Gasteiger partial charge in [-0.15, -0.1) is 0 Å². The van der Waals surface area contributed by atoms with Crippen LogP contribution >= 0.6 is 0 Å². The van der Waals surface area contributed by atoms with Crippen molar-refractivity contribution in [1.29, 1.82) is 0 Å². The maximum atomic E-state index is 11.5. The Balaban J connectivity index is 2.43. The lowest BCUT2D eigenvalue weighted by molar-refractivity contribution is 0.00578. The van der Waals surface area contributed by atoms with Crippen LogP contribution in [0.25, 0.3) is 0 Å². The molecule has 21 heavy (non-hydrogen) atoms. The first-order valence-electron chi connectivity index (χ1n) is 6.58. The Hall–Kier alpha value is -1.25. The van der Waals surface area contributed by atoms with Crippen molar-refractivity contribution in [3.8, 4) is 5.75 Å². The summed E-state index contributed by atoms with van der Waals surface area (Å²) >= 11 is 0. The van der Waals surface area contributed by atoms with Gasteiger partial charge in [0.2, 0.25) is 10.0 Å². The van der Waals surface area contributed by atoms with Crippen LogP contribution in [-0.2, 0) is 19.3 Å². The minimum atomic E-state index is -3.44. The van der Waals surface area contributed by atoms with E-state index >= 15 is 0 Å². The third-order valence-electron chi connectivity index (χ3n) is 3.84. The van der Waals surface area contributed by atoms with Gasteiger partial charge in [-0.1, -0.05) is 0 Å². The van der Waals surface area contributed by atoms with Crippen molar-refractivity contribution in [3.05, 3.63) is 18.2 Å². The molecule has 0 bridgehead atoms. The normalized spacial score (nSPS) is 20.5. The van der Waals surface area contributed by atoms with Crippen molar-refractivity contribution in [2.45, 2.75) is 38.9 Å². The molecule has 0 amide bonds. The second-order valence-electron chi connectivity index (χ2n) is 6.23. The van der Waals surface area contributed by atoms with Crippen LogP contribution in [-0.4, -0.2) is 38.1 Å². The molecule has 0 radical (unpaired) electrons. The van der Waals surface area contributed by atoms with E-state index in [2.05, 4.69) is 4.72 Å². The maximum absolute atomic E-state index is 11.5. The molecule has 1 aromatic carbocycles. The summed E-state index contributed by atoms with van der Waals surface area (Å²) in [5.41, 5.74) is -0.329. The predicted molar refractivity (Wildman–Crippen MR) is 82.3 cm³/mol. The van der Waals surface area contributed by atoms with Gasteiger partial charge in [0.15, 0.2) is 0 Å². The number of aromatic hydroxyl groups is 1. The van der Waals surface area contributed by atoms with Gasteiger partial charge < -0.3 is 14.4 Å². The lowest BCUT2D eigenvalue weighted by atomic mass is 9.78. The summed E-state index contributed by atoms with van der Waals surface area (Å²) in [4.78, 5) is 0. The van der Waals surface area contributed by atoms with Crippen molar-refractivity contribution < 1.29 is 22.8 Å². The van der Waals surface area contributed by atoms with Crippen molar-refractivity contribution >= 4 is 28.3 Å². The number of sulfonamides is 1. The van der Waals surface area contributed by atoms with Gasteiger partial charge >= 0.3 is 7.12 Å². The number of benzene rings is 1. The maximum Gasteiger partial charge on any atom is 0.497 e. The zero-order valence-corrected chi connectivity index (χ0v) is 13.6. The van der Waals surface area contributed by atoms with Gasteiger partial charge in [0.1, 0.15) is 5.75 Å². The number of hydrogen-bond acceptors (Lipinski definition) is 5. The molecule has 0 unspecified atom stereocenters. The van der Waals surface area contributed by atoms with E-state index in [0.717, 1.165) is 6.26 Å². The van der Waals surface area contributed by atoms with E-state index in [1.807, 2.05) is 27.7 Å². The van der Waals surface area contributed by atoms with Gasteiger partial charge in [-0.25, -0.2) is 8.42 Å². The molecule has 1 heterocycles. The molecule has 0 spiro atoms. The molecule has 0 aromatic heterocycles. The quantitative estimate of drug-likeness (QED) is 0.644. The zero-order chi connectivity index (χ0) is 16.1. The average Bonchev–Trinajstić information content (AvgIpc) is 2.49. The molecule has 116 valence electrons. The number of rotatable bonds is 3. The van der Waals surface area contributed by atoms with E-state index in [4.69, 9.17) is 9.31 Å². The Kier molecular flexibility index (Phi) is 3.76. The van der Waals surface area contributed by atoms with Crippen molar-refractivity contribution in [3.63, 3.8) is 0 Å². The molecule has 0 saturated carbocycles. The van der Waals surface area contributed by atoms with Crippen LogP contribution in [0, 0.1) is 0 Å². The van der Waals surface area contributed by atoms with Gasteiger partial charge in [0.25, 0.3) is 0 Å². The van der Waals surface area contributed by atoms with Gasteiger partial charge in [-0.2, -0.15) is 0 Å². The Bertz CT molecular complexity index is 641. The molecule has 2 rings (SSSR count).